The molecule has 0 radical (unpaired) electrons. The predicted molar refractivity (Wildman–Crippen MR) is 91.0 cm³/mol. The Kier molecular flexibility index (Phi) is 6.04. The van der Waals surface area contributed by atoms with Crippen LogP contribution in [0.15, 0.2) is 18.2 Å². The third-order valence-electron chi connectivity index (χ3n) is 4.07. The van der Waals surface area contributed by atoms with Crippen molar-refractivity contribution in [2.75, 3.05) is 12.4 Å². The molecule has 0 unspecified atom stereocenters. The Hall–Kier alpha value is -2.92. The van der Waals surface area contributed by atoms with Crippen LogP contribution < -0.4 is 10.1 Å². The number of halogens is 6. The minimum Gasteiger partial charge on any atom is -0.496 e. The van der Waals surface area contributed by atoms with Crippen molar-refractivity contribution < 1.29 is 41.0 Å². The molecule has 0 amide bonds. The van der Waals surface area contributed by atoms with Crippen LogP contribution in [-0.2, 0) is 12.7 Å². The van der Waals surface area contributed by atoms with Crippen molar-refractivity contribution in [2.45, 2.75) is 38.8 Å². The van der Waals surface area contributed by atoms with E-state index in [0.717, 1.165) is 36.9 Å². The van der Waals surface area contributed by atoms with E-state index in [9.17, 15) is 31.1 Å². The molecule has 2 rings (SSSR count). The maximum atomic E-state index is 13.6. The molecule has 0 spiro atoms. The first-order valence-corrected chi connectivity index (χ1v) is 8.24. The van der Waals surface area contributed by atoms with Crippen LogP contribution in [0.1, 0.15) is 29.9 Å². The number of rotatable bonds is 6. The molecule has 2 aromatic rings. The normalized spacial score (nSPS) is 13.3. The molecule has 12 heteroatoms. The summed E-state index contributed by atoms with van der Waals surface area (Å²) < 4.78 is 85.0. The van der Waals surface area contributed by atoms with Gasteiger partial charge in [0.1, 0.15) is 17.4 Å². The van der Waals surface area contributed by atoms with E-state index in [1.54, 1.807) is 0 Å². The van der Waals surface area contributed by atoms with Crippen molar-refractivity contribution in [3.05, 3.63) is 29.5 Å². The van der Waals surface area contributed by atoms with E-state index in [1.165, 1.54) is 6.92 Å². The lowest BCUT2D eigenvalue weighted by Gasteiger charge is -2.20. The molecule has 0 aliphatic heterocycles. The smallest absolute Gasteiger partial charge is 0.420 e. The topological polar surface area (TPSA) is 76.4 Å². The number of methoxy groups -OCH3 is 1. The van der Waals surface area contributed by atoms with Crippen molar-refractivity contribution in [2.24, 2.45) is 0 Å². The van der Waals surface area contributed by atoms with Crippen molar-refractivity contribution >= 4 is 11.7 Å². The number of carbonyl (C=O) groups is 1. The number of ether oxygens (including phenoxy) is 1. The van der Waals surface area contributed by atoms with Crippen LogP contribution >= 0.6 is 0 Å². The third kappa shape index (κ3) is 4.57. The molecule has 6 nitrogen and oxygen atoms in total. The fourth-order valence-corrected chi connectivity index (χ4v) is 2.69. The average molecular weight is 425 g/mol. The maximum Gasteiger partial charge on any atom is 0.420 e. The zero-order valence-electron chi connectivity index (χ0n) is 15.4. The van der Waals surface area contributed by atoms with E-state index in [4.69, 9.17) is 9.84 Å². The van der Waals surface area contributed by atoms with E-state index in [1.807, 2.05) is 0 Å². The second-order valence-electron chi connectivity index (χ2n) is 6.01. The number of aromatic carboxylic acids is 1. The minimum atomic E-state index is -5.04. The van der Waals surface area contributed by atoms with Crippen LogP contribution in [0.4, 0.5) is 32.0 Å². The number of anilines is 1. The summed E-state index contributed by atoms with van der Waals surface area (Å²) in [4.78, 5) is 11.3. The first kappa shape index (κ1) is 22.4. The van der Waals surface area contributed by atoms with E-state index in [0.29, 0.717) is 0 Å². The Bertz CT molecular complexity index is 905. The summed E-state index contributed by atoms with van der Waals surface area (Å²) >= 11 is 0. The SMILES string of the molecule is CCn1nc(C(=O)O)c(C(F)(F)F)c1-c1ccc(N[C@H](C)C(F)(F)F)cc1OC. The molecule has 1 aromatic heterocycles. The average Bonchev–Trinajstić information content (AvgIpc) is 3.00. The van der Waals surface area contributed by atoms with Crippen LogP contribution in [0.5, 0.6) is 5.75 Å². The molecule has 0 bridgehead atoms. The lowest BCUT2D eigenvalue weighted by molar-refractivity contribution is -0.139. The minimum absolute atomic E-state index is 0.0370. The molecule has 29 heavy (non-hydrogen) atoms. The largest absolute Gasteiger partial charge is 0.496 e. The summed E-state index contributed by atoms with van der Waals surface area (Å²) in [5, 5.41) is 14.8. The number of alkyl halides is 6. The Morgan fingerprint density at radius 2 is 1.90 bits per heavy atom. The quantitative estimate of drug-likeness (QED) is 0.659. The number of aromatic nitrogens is 2. The Morgan fingerprint density at radius 1 is 1.28 bits per heavy atom. The highest BCUT2D eigenvalue weighted by molar-refractivity contribution is 5.91. The summed E-state index contributed by atoms with van der Waals surface area (Å²) in [6, 6.07) is 1.45. The summed E-state index contributed by atoms with van der Waals surface area (Å²) in [6.45, 7) is 2.27. The van der Waals surface area contributed by atoms with Gasteiger partial charge in [-0.25, -0.2) is 4.79 Å². The summed E-state index contributed by atoms with van der Waals surface area (Å²) in [5.74, 6) is -2.04. The van der Waals surface area contributed by atoms with Gasteiger partial charge < -0.3 is 15.2 Å². The number of aryl methyl sites for hydroxylation is 1. The van der Waals surface area contributed by atoms with Crippen LogP contribution in [0.3, 0.4) is 0 Å². The number of nitrogens with one attached hydrogen (secondary N) is 1. The van der Waals surface area contributed by atoms with Gasteiger partial charge in [0.25, 0.3) is 0 Å². The third-order valence-corrected chi connectivity index (χ3v) is 4.07. The van der Waals surface area contributed by atoms with Gasteiger partial charge in [-0.15, -0.1) is 0 Å². The fourth-order valence-electron chi connectivity index (χ4n) is 2.69. The molecule has 0 aliphatic rings. The molecule has 1 aromatic carbocycles. The van der Waals surface area contributed by atoms with E-state index in [-0.39, 0.29) is 23.5 Å². The highest BCUT2D eigenvalue weighted by Crippen LogP contribution is 2.43. The Balaban J connectivity index is 2.67. The van der Waals surface area contributed by atoms with Gasteiger partial charge in [-0.1, -0.05) is 0 Å². The molecule has 1 heterocycles. The number of carboxylic acids is 1. The van der Waals surface area contributed by atoms with Gasteiger partial charge in [0, 0.05) is 23.9 Å². The van der Waals surface area contributed by atoms with Crippen LogP contribution in [0, 0.1) is 0 Å². The monoisotopic (exact) mass is 425 g/mol. The molecule has 1 atom stereocenters. The van der Waals surface area contributed by atoms with E-state index < -0.39 is 41.3 Å². The molecule has 0 aliphatic carbocycles. The number of nitrogens with zero attached hydrogens (tertiary/aromatic N) is 2. The lowest BCUT2D eigenvalue weighted by Crippen LogP contribution is -2.33. The van der Waals surface area contributed by atoms with Gasteiger partial charge >= 0.3 is 18.3 Å². The number of hydrogen-bond donors (Lipinski definition) is 2. The zero-order valence-corrected chi connectivity index (χ0v) is 15.4. The molecule has 160 valence electrons. The Labute approximate surface area is 161 Å². The van der Waals surface area contributed by atoms with Crippen molar-refractivity contribution in [3.63, 3.8) is 0 Å². The second kappa shape index (κ2) is 7.84. The van der Waals surface area contributed by atoms with Gasteiger partial charge in [0.2, 0.25) is 0 Å². The number of carboxylic acid groups (broad SMARTS) is 1. The van der Waals surface area contributed by atoms with Gasteiger partial charge in [-0.3, -0.25) is 4.68 Å². The highest BCUT2D eigenvalue weighted by atomic mass is 19.4. The summed E-state index contributed by atoms with van der Waals surface area (Å²) in [6.07, 6.45) is -9.57. The first-order chi connectivity index (χ1) is 13.3. The fraction of sp³-hybridized carbons (Fsp3) is 0.412. The molecule has 0 fully saturated rings. The van der Waals surface area contributed by atoms with Crippen molar-refractivity contribution in [1.82, 2.24) is 9.78 Å². The second-order valence-corrected chi connectivity index (χ2v) is 6.01. The number of benzene rings is 1. The van der Waals surface area contributed by atoms with Crippen LogP contribution in [0.25, 0.3) is 11.3 Å². The first-order valence-electron chi connectivity index (χ1n) is 8.24. The van der Waals surface area contributed by atoms with E-state index in [2.05, 4.69) is 10.4 Å². The standard InChI is InChI=1S/C17H17F6N3O3/c1-4-26-14(12(17(21,22)23)13(25-26)15(27)28)10-6-5-9(7-11(10)29-3)24-8(2)16(18,19)20/h5-8,24H,4H2,1-3H3,(H,27,28)/t8-/m1/s1. The van der Waals surface area contributed by atoms with Gasteiger partial charge in [-0.2, -0.15) is 31.4 Å². The zero-order chi connectivity index (χ0) is 22.1. The Morgan fingerprint density at radius 3 is 2.34 bits per heavy atom. The van der Waals surface area contributed by atoms with Gasteiger partial charge in [0.15, 0.2) is 5.69 Å². The lowest BCUT2D eigenvalue weighted by atomic mass is 10.0. The van der Waals surface area contributed by atoms with E-state index >= 15 is 0 Å². The molecular weight excluding hydrogens is 408 g/mol. The summed E-state index contributed by atoms with van der Waals surface area (Å²) in [5.41, 5.74) is -3.39. The molecule has 0 saturated heterocycles. The van der Waals surface area contributed by atoms with Gasteiger partial charge in [0.05, 0.1) is 12.8 Å². The van der Waals surface area contributed by atoms with Crippen molar-refractivity contribution in [1.29, 1.82) is 0 Å². The highest BCUT2D eigenvalue weighted by Gasteiger charge is 2.43. The predicted octanol–water partition coefficient (Wildman–Crippen LogP) is 4.66. The molecule has 2 N–H and O–H groups in total. The molecular formula is C17H17F6N3O3. The van der Waals surface area contributed by atoms with Crippen LogP contribution in [0.2, 0.25) is 0 Å². The van der Waals surface area contributed by atoms with Crippen LogP contribution in [-0.4, -0.2) is 40.2 Å². The molecule has 0 saturated carbocycles. The van der Waals surface area contributed by atoms with Gasteiger partial charge in [-0.05, 0) is 26.0 Å². The number of hydrogen-bond acceptors (Lipinski definition) is 4. The summed E-state index contributed by atoms with van der Waals surface area (Å²) in [7, 11) is 1.13. The van der Waals surface area contributed by atoms with Crippen molar-refractivity contribution in [3.8, 4) is 17.0 Å². The maximum absolute atomic E-state index is 13.6.